The van der Waals surface area contributed by atoms with E-state index in [1.54, 1.807) is 0 Å². The Balaban J connectivity index is 0.00000130. The van der Waals surface area contributed by atoms with Crippen molar-refractivity contribution in [2.75, 3.05) is 0 Å². The van der Waals surface area contributed by atoms with Gasteiger partial charge >= 0.3 is 0 Å². The molecule has 3 heteroatoms. The van der Waals surface area contributed by atoms with Gasteiger partial charge in [-0.3, -0.25) is 15.0 Å². The van der Waals surface area contributed by atoms with Crippen molar-refractivity contribution in [1.29, 1.82) is 0 Å². The lowest BCUT2D eigenvalue weighted by Gasteiger charge is -2.37. The first-order chi connectivity index (χ1) is 54.1. The number of nitrogens with zero attached hydrogens (tertiary/aromatic N) is 3. The second-order valence-electron chi connectivity index (χ2n) is 49.0. The molecule has 7 atom stereocenters. The lowest BCUT2D eigenvalue weighted by molar-refractivity contribution is 0.141. The van der Waals surface area contributed by atoms with E-state index in [4.69, 9.17) is 0 Å². The first-order valence-corrected chi connectivity index (χ1v) is 47.4. The molecule has 7 unspecified atom stereocenters. The van der Waals surface area contributed by atoms with Gasteiger partial charge in [0.05, 0.1) is 0 Å². The fraction of sp³-hybridized carbons (Fsp3) is 0.681. The Morgan fingerprint density at radius 3 is 1.00 bits per heavy atom. The second-order valence-corrected chi connectivity index (χ2v) is 49.0. The Bertz CT molecular complexity index is 3530. The first kappa shape index (κ1) is 114. The minimum absolute atomic E-state index is 0.322. The van der Waals surface area contributed by atoms with Crippen LogP contribution in [0.15, 0.2) is 171 Å². The zero-order chi connectivity index (χ0) is 92.2. The molecule has 0 spiro atoms. The largest absolute Gasteiger partial charge is 0.265 e. The summed E-state index contributed by atoms with van der Waals surface area (Å²) in [6.45, 7) is 101. The lowest BCUT2D eigenvalue weighted by Crippen LogP contribution is -2.27. The van der Waals surface area contributed by atoms with E-state index in [1.807, 2.05) is 43.2 Å². The molecule has 3 saturated carbocycles. The molecule has 3 aliphatic rings. The van der Waals surface area contributed by atoms with Gasteiger partial charge in [0.15, 0.2) is 0 Å². The first-order valence-electron chi connectivity index (χ1n) is 47.4. The highest BCUT2D eigenvalue weighted by Crippen LogP contribution is 2.45. The molecule has 0 radical (unpaired) electrons. The van der Waals surface area contributed by atoms with Crippen molar-refractivity contribution in [3.63, 3.8) is 0 Å². The van der Waals surface area contributed by atoms with Crippen LogP contribution < -0.4 is 0 Å². The van der Waals surface area contributed by atoms with Gasteiger partial charge in [-0.15, -0.1) is 0 Å². The average molecular weight is 1630 g/mol. The smallest absolute Gasteiger partial charge is 0.0300 e. The maximum absolute atomic E-state index is 4.07. The van der Waals surface area contributed by atoms with Gasteiger partial charge in [-0.2, -0.15) is 0 Å². The minimum Gasteiger partial charge on any atom is -0.265 e. The molecule has 3 heterocycles. The van der Waals surface area contributed by atoms with Crippen molar-refractivity contribution in [3.05, 3.63) is 210 Å². The number of aryl methyl sites for hydroxylation is 1. The third kappa shape index (κ3) is 51.5. The Morgan fingerprint density at radius 2 is 0.689 bits per heavy atom. The molecule has 3 aromatic heterocycles. The summed E-state index contributed by atoms with van der Waals surface area (Å²) in [4.78, 5) is 12.1. The zero-order valence-corrected chi connectivity index (χ0v) is 87.1. The quantitative estimate of drug-likeness (QED) is 0.145. The molecule has 0 aliphatic heterocycles. The minimum atomic E-state index is 0.322. The molecule has 0 bridgehead atoms. The van der Waals surface area contributed by atoms with Gasteiger partial charge in [-0.25, -0.2) is 0 Å². The summed E-state index contributed by atoms with van der Waals surface area (Å²) in [5.74, 6) is 8.88. The highest BCUT2D eigenvalue weighted by atomic mass is 14.6. The van der Waals surface area contributed by atoms with Crippen molar-refractivity contribution in [1.82, 2.24) is 15.0 Å². The van der Waals surface area contributed by atoms with E-state index in [0.717, 1.165) is 54.3 Å². The summed E-state index contributed by atoms with van der Waals surface area (Å²) < 4.78 is 0. The van der Waals surface area contributed by atoms with Gasteiger partial charge in [0.2, 0.25) is 0 Å². The molecule has 0 amide bonds. The van der Waals surface area contributed by atoms with Crippen LogP contribution in [0.1, 0.15) is 431 Å². The highest BCUT2D eigenvalue weighted by molar-refractivity contribution is 5.83. The zero-order valence-electron chi connectivity index (χ0n) is 87.1. The van der Waals surface area contributed by atoms with Crippen LogP contribution in [-0.4, -0.2) is 15.0 Å². The SMILES string of the molecule is CC(C)(C)C1CC1.CC(C)(C)C1CCC1.CC(C)(C)Cc1cccnc1.CC(C)(C)Cc1ccncc1.CC(C)C(C)C(C)(C)C.CC(C1CCCCC1)C(C)(C)C.CC(c1ccc2ccccc2c1)C(C)(C)C.CC(c1ccccc1)C(C)(C)C.CC(c1ccncc1)C(C)(C)C.CCC(C)C(C)(C)C.Cc1ccc(C(C)C(C)(C)C)cc1. The summed E-state index contributed by atoms with van der Waals surface area (Å²) in [5, 5.41) is 2.67. The molecule has 7 aromatic rings. The van der Waals surface area contributed by atoms with Gasteiger partial charge in [0, 0.05) is 37.2 Å². The molecule has 3 nitrogen and oxygen atoms in total. The second kappa shape index (κ2) is 51.8. The average Bonchev–Trinajstić information content (AvgIpc) is 0.837. The number of pyridine rings is 3. The topological polar surface area (TPSA) is 38.7 Å². The Hall–Kier alpha value is -5.41. The Kier molecular flexibility index (Phi) is 49.4. The number of aromatic nitrogens is 3. The summed E-state index contributed by atoms with van der Waals surface area (Å²) in [6.07, 6.45) is 29.5. The van der Waals surface area contributed by atoms with Crippen LogP contribution in [0, 0.1) is 108 Å². The number of fused-ring (bicyclic) bond motifs is 1. The summed E-state index contributed by atoms with van der Waals surface area (Å²) in [5.41, 5.74) is 14.5. The van der Waals surface area contributed by atoms with Crippen molar-refractivity contribution in [2.45, 2.75) is 412 Å². The van der Waals surface area contributed by atoms with Gasteiger partial charge in [0.25, 0.3) is 0 Å². The van der Waals surface area contributed by atoms with Crippen molar-refractivity contribution in [2.24, 2.45) is 101 Å². The third-order valence-electron chi connectivity index (χ3n) is 26.8. The highest BCUT2D eigenvalue weighted by Gasteiger charge is 2.34. The summed E-state index contributed by atoms with van der Waals surface area (Å²) >= 11 is 0. The van der Waals surface area contributed by atoms with Gasteiger partial charge in [0.1, 0.15) is 0 Å². The normalized spacial score (nSPS) is 16.1. The monoisotopic (exact) mass is 1630 g/mol. The van der Waals surface area contributed by atoms with Crippen LogP contribution in [0.5, 0.6) is 0 Å². The maximum atomic E-state index is 4.07. The summed E-state index contributed by atoms with van der Waals surface area (Å²) in [6, 6.07) is 47.4. The van der Waals surface area contributed by atoms with Crippen LogP contribution in [0.25, 0.3) is 10.8 Å². The van der Waals surface area contributed by atoms with E-state index >= 15 is 0 Å². The van der Waals surface area contributed by atoms with E-state index in [0.29, 0.717) is 83.2 Å². The van der Waals surface area contributed by atoms with E-state index in [-0.39, 0.29) is 0 Å². The molecular weight excluding hydrogens is 1440 g/mol. The molecular formula is C116H197N3. The van der Waals surface area contributed by atoms with Crippen molar-refractivity contribution in [3.8, 4) is 0 Å². The number of rotatable bonds is 9. The Morgan fingerprint density at radius 1 is 0.311 bits per heavy atom. The summed E-state index contributed by atoms with van der Waals surface area (Å²) in [7, 11) is 0. The third-order valence-corrected chi connectivity index (χ3v) is 26.8. The van der Waals surface area contributed by atoms with Crippen LogP contribution in [-0.2, 0) is 12.8 Å². The molecule has 3 aliphatic carbocycles. The fourth-order valence-corrected chi connectivity index (χ4v) is 14.1. The molecule has 4 aromatic carbocycles. The van der Waals surface area contributed by atoms with Crippen LogP contribution in [0.2, 0.25) is 0 Å². The van der Waals surface area contributed by atoms with Crippen LogP contribution in [0.3, 0.4) is 0 Å². The molecule has 676 valence electrons. The predicted molar refractivity (Wildman–Crippen MR) is 539 cm³/mol. The fourth-order valence-electron chi connectivity index (χ4n) is 14.1. The number of benzene rings is 4. The van der Waals surface area contributed by atoms with Gasteiger partial charge in [-0.05, 0) is 245 Å². The van der Waals surface area contributed by atoms with Crippen LogP contribution >= 0.6 is 0 Å². The van der Waals surface area contributed by atoms with E-state index in [2.05, 4.69) is 447 Å². The van der Waals surface area contributed by atoms with E-state index < -0.39 is 0 Å². The van der Waals surface area contributed by atoms with Crippen molar-refractivity contribution >= 4 is 10.8 Å². The van der Waals surface area contributed by atoms with Crippen LogP contribution in [0.4, 0.5) is 0 Å². The van der Waals surface area contributed by atoms with Gasteiger partial charge in [-0.1, -0.05) is 451 Å². The van der Waals surface area contributed by atoms with Crippen molar-refractivity contribution < 1.29 is 0 Å². The maximum Gasteiger partial charge on any atom is 0.0300 e. The predicted octanol–water partition coefficient (Wildman–Crippen LogP) is 37.5. The Labute approximate surface area is 743 Å². The number of hydrogen-bond donors (Lipinski definition) is 0. The molecule has 119 heavy (non-hydrogen) atoms. The molecule has 0 N–H and O–H groups in total. The lowest BCUT2D eigenvalue weighted by atomic mass is 9.69. The van der Waals surface area contributed by atoms with E-state index in [1.165, 1.54) is 120 Å². The van der Waals surface area contributed by atoms with E-state index in [9.17, 15) is 0 Å². The number of hydrogen-bond acceptors (Lipinski definition) is 3. The molecule has 0 saturated heterocycles. The molecule has 10 rings (SSSR count). The standard InChI is InChI=1S/C16H20.C13H20.C12H24.C12H18.C11H17N.2C10H15N.C9H20.C8H16.C8H18.C7H14/c1-12(16(2,3)4)14-10-9-13-7-5-6-8-15(13)11-14;1-10-6-8-12(9-7-10)11(2)13(3,4)5;2*1-10(12(2,3)4)11-8-6-5-7-9-11;1-9(11(2,3)4)10-5-7-12-8-6-10;1-10(2,3)8-9-4-6-11-7-5-9;1-10(2,3)7-9-5-4-6-11-8-9;1-7(2)8(3)9(4,5)6;1-8(2,3)7-5-4-6-7;1-6-7(2)8(3,4)5;1-7(2,3)6-4-5-6/h5-12H,1-4H3;6-9,11H,1-5H3;10-11H,5-9H2,1-4H3;5-10H,1-4H3;5-9H,1-4H3;4-7H,8H2,1-3H3;4-6,8H,7H2,1-3H3;7-8H,1-6H3;7H,4-6H2,1-3H3;7H,6H2,1-5H3;6H,4-5H2,1-3H3. The molecule has 3 fully saturated rings. The van der Waals surface area contributed by atoms with Gasteiger partial charge < -0.3 is 0 Å².